The molecule has 0 spiro atoms. The van der Waals surface area contributed by atoms with Crippen molar-refractivity contribution in [3.8, 4) is 0 Å². The van der Waals surface area contributed by atoms with E-state index in [0.717, 1.165) is 0 Å². The zero-order valence-corrected chi connectivity index (χ0v) is 5.43. The maximum absolute atomic E-state index is 11.5. The minimum absolute atomic E-state index is 1.28. The predicted molar refractivity (Wildman–Crippen MR) is 31.0 cm³/mol. The van der Waals surface area contributed by atoms with Gasteiger partial charge >= 0.3 is 5.51 Å². The van der Waals surface area contributed by atoms with E-state index in [-0.39, 0.29) is 0 Å². The van der Waals surface area contributed by atoms with Crippen LogP contribution < -0.4 is 0 Å². The Labute approximate surface area is 58.8 Å². The largest absolute Gasteiger partial charge is 0.490 e. The maximum Gasteiger partial charge on any atom is 0.490 e. The summed E-state index contributed by atoms with van der Waals surface area (Å²) in [5.74, 6) is 0. The minimum Gasteiger partial charge on any atom is -0.157 e. The minimum atomic E-state index is -5.39. The molecule has 0 saturated carbocycles. The van der Waals surface area contributed by atoms with Crippen LogP contribution in [0.25, 0.3) is 0 Å². The second-order valence-corrected chi connectivity index (χ2v) is 3.14. The Morgan fingerprint density at radius 1 is 0.909 bits per heavy atom. The molecular formula is CF3N3O3S. The molecule has 0 fully saturated rings. The molecule has 0 aromatic heterocycles. The molecule has 0 amide bonds. The Morgan fingerprint density at radius 3 is 1.18 bits per heavy atom. The molecule has 11 heavy (non-hydrogen) atoms. The van der Waals surface area contributed by atoms with Gasteiger partial charge in [-0.1, -0.05) is 0 Å². The molecule has 0 unspecified atom stereocenters. The molecule has 0 aromatic carbocycles. The van der Waals surface area contributed by atoms with Crippen molar-refractivity contribution in [1.82, 2.24) is 0 Å². The molecule has 0 saturated heterocycles. The fourth-order valence-corrected chi connectivity index (χ4v) is 0.503. The molecular weight excluding hydrogens is 191 g/mol. The van der Waals surface area contributed by atoms with Crippen LogP contribution in [0.15, 0.2) is 13.7 Å². The quantitative estimate of drug-likeness (QED) is 0.641. The number of alkyl halides is 3. The molecule has 0 bridgehead atoms. The molecule has 6 nitrogen and oxygen atoms in total. The van der Waals surface area contributed by atoms with E-state index in [9.17, 15) is 27.9 Å². The van der Waals surface area contributed by atoms with E-state index < -0.39 is 16.1 Å². The molecule has 0 rings (SSSR count). The summed E-state index contributed by atoms with van der Waals surface area (Å²) in [5.41, 5.74) is -5.39. The van der Waals surface area contributed by atoms with Crippen LogP contribution in [-0.4, -0.2) is 5.51 Å². The van der Waals surface area contributed by atoms with Gasteiger partial charge in [-0.25, -0.2) is 0 Å². The third-order valence-corrected chi connectivity index (χ3v) is 1.87. The third-order valence-electron chi connectivity index (χ3n) is 0.622. The summed E-state index contributed by atoms with van der Waals surface area (Å²) in [4.78, 5) is 28.2. The van der Waals surface area contributed by atoms with Crippen molar-refractivity contribution in [2.45, 2.75) is 5.51 Å². The van der Waals surface area contributed by atoms with Crippen LogP contribution >= 0.6 is 10.6 Å². The van der Waals surface area contributed by atoms with E-state index in [2.05, 4.69) is 0 Å². The number of nitroso groups, excluding NO2 is 3. The first-order valence-electron chi connectivity index (χ1n) is 1.87. The summed E-state index contributed by atoms with van der Waals surface area (Å²) in [5, 5.41) is 0. The first-order valence-corrected chi connectivity index (χ1v) is 3.37. The van der Waals surface area contributed by atoms with E-state index in [1.165, 1.54) is 13.7 Å². The van der Waals surface area contributed by atoms with Crippen LogP contribution in [0, 0.1) is 14.7 Å². The number of halogens is 3. The first-order chi connectivity index (χ1) is 4.93. The Kier molecular flexibility index (Phi) is 2.62. The molecule has 0 aliphatic rings. The normalized spacial score (nSPS) is 13.7. The van der Waals surface area contributed by atoms with Crippen molar-refractivity contribution in [1.29, 1.82) is 0 Å². The average molecular weight is 191 g/mol. The van der Waals surface area contributed by atoms with Crippen LogP contribution in [0.2, 0.25) is 0 Å². The van der Waals surface area contributed by atoms with Crippen LogP contribution in [0.3, 0.4) is 0 Å². The van der Waals surface area contributed by atoms with Gasteiger partial charge in [-0.2, -0.15) is 13.2 Å². The monoisotopic (exact) mass is 191 g/mol. The van der Waals surface area contributed by atoms with Crippen molar-refractivity contribution in [3.05, 3.63) is 14.7 Å². The predicted octanol–water partition coefficient (Wildman–Crippen LogP) is 2.35. The van der Waals surface area contributed by atoms with Crippen LogP contribution in [0.1, 0.15) is 0 Å². The Morgan fingerprint density at radius 2 is 1.18 bits per heavy atom. The third kappa shape index (κ3) is 1.50. The maximum atomic E-state index is 11.5. The number of nitrogens with zero attached hydrogens (tertiary/aromatic N) is 3. The van der Waals surface area contributed by atoms with Gasteiger partial charge in [0.1, 0.15) is 0 Å². The molecule has 0 aliphatic carbocycles. The molecule has 0 N–H and O–H groups in total. The summed E-state index contributed by atoms with van der Waals surface area (Å²) in [6.45, 7) is 0. The zero-order chi connectivity index (χ0) is 9.12. The molecule has 10 heteroatoms. The highest BCUT2D eigenvalue weighted by Crippen LogP contribution is 2.65. The van der Waals surface area contributed by atoms with E-state index in [1.54, 1.807) is 0 Å². The Hall–Kier alpha value is -1.06. The summed E-state index contributed by atoms with van der Waals surface area (Å²) in [6.07, 6.45) is 0. The van der Waals surface area contributed by atoms with Crippen molar-refractivity contribution in [2.24, 2.45) is 13.7 Å². The lowest BCUT2D eigenvalue weighted by Gasteiger charge is -2.15. The first kappa shape index (κ1) is 9.94. The van der Waals surface area contributed by atoms with Crippen LogP contribution in [0.4, 0.5) is 13.2 Å². The number of rotatable bonds is 3. The van der Waals surface area contributed by atoms with Crippen molar-refractivity contribution in [3.63, 3.8) is 0 Å². The lowest BCUT2D eigenvalue weighted by Crippen LogP contribution is -2.13. The van der Waals surface area contributed by atoms with E-state index in [1.807, 2.05) is 0 Å². The fraction of sp³-hybridized carbons (Fsp3) is 1.00. The van der Waals surface area contributed by atoms with Gasteiger partial charge in [0.15, 0.2) is 0 Å². The van der Waals surface area contributed by atoms with Gasteiger partial charge in [0, 0.05) is 13.7 Å². The summed E-state index contributed by atoms with van der Waals surface area (Å²) in [7, 11) is -5.12. The van der Waals surface area contributed by atoms with Crippen LogP contribution in [0.5, 0.6) is 0 Å². The van der Waals surface area contributed by atoms with E-state index >= 15 is 0 Å². The van der Waals surface area contributed by atoms with Gasteiger partial charge in [-0.15, -0.1) is 14.7 Å². The molecule has 64 valence electrons. The van der Waals surface area contributed by atoms with Gasteiger partial charge < -0.3 is 0 Å². The molecule has 0 heterocycles. The van der Waals surface area contributed by atoms with Crippen molar-refractivity contribution in [2.75, 3.05) is 0 Å². The van der Waals surface area contributed by atoms with Gasteiger partial charge in [0.05, 0.1) is 0 Å². The molecule has 0 aromatic rings. The van der Waals surface area contributed by atoms with Gasteiger partial charge in [0.2, 0.25) is 0 Å². The van der Waals surface area contributed by atoms with Gasteiger partial charge in [-0.05, 0) is 0 Å². The summed E-state index contributed by atoms with van der Waals surface area (Å²) in [6, 6.07) is 0. The Balaban J connectivity index is 4.99. The number of hydrogen-bond donors (Lipinski definition) is 0. The second-order valence-electron chi connectivity index (χ2n) is 1.19. The van der Waals surface area contributed by atoms with E-state index in [4.69, 9.17) is 0 Å². The SMILES string of the molecule is O=NS(N=O)(N=O)C(F)(F)F. The highest BCUT2D eigenvalue weighted by Gasteiger charge is 2.57. The average Bonchev–Trinajstić information content (AvgIpc) is 1.90. The van der Waals surface area contributed by atoms with Crippen molar-refractivity contribution >= 4 is 10.6 Å². The highest BCUT2D eigenvalue weighted by molar-refractivity contribution is 8.31. The molecule has 0 radical (unpaired) electrons. The number of hydrogen-bond acceptors (Lipinski definition) is 6. The fourth-order valence-electron chi connectivity index (χ4n) is 0.168. The summed E-state index contributed by atoms with van der Waals surface area (Å²) >= 11 is 0. The smallest absolute Gasteiger partial charge is 0.157 e. The van der Waals surface area contributed by atoms with E-state index in [0.29, 0.717) is 0 Å². The molecule has 0 aliphatic heterocycles. The topological polar surface area (TPSA) is 88.3 Å². The lowest BCUT2D eigenvalue weighted by atomic mass is 11.6. The zero-order valence-electron chi connectivity index (χ0n) is 4.61. The van der Waals surface area contributed by atoms with Gasteiger partial charge in [-0.3, -0.25) is 0 Å². The highest BCUT2D eigenvalue weighted by atomic mass is 32.3. The van der Waals surface area contributed by atoms with Gasteiger partial charge in [0.25, 0.3) is 10.6 Å². The van der Waals surface area contributed by atoms with Crippen molar-refractivity contribution < 1.29 is 13.2 Å². The standard InChI is InChI=1S/CF3N3O3S/c2-1(3,4)11(5-8,6-9)7-10. The van der Waals surface area contributed by atoms with Crippen LogP contribution in [-0.2, 0) is 0 Å². The lowest BCUT2D eigenvalue weighted by molar-refractivity contribution is -0.0385. The summed E-state index contributed by atoms with van der Waals surface area (Å²) < 4.78 is 38.4. The second kappa shape index (κ2) is 2.90. The Bertz CT molecular complexity index is 169. The molecule has 0 atom stereocenters.